The standard InChI is InChI=1S/C18H20N6O/c1-12-10-13(2)24-18(20-12)21-16(22-24)11-17(25)23-9-3-4-15(23)14-5-7-19-8-6-14/h5-8,10,15H,3-4,9,11H2,1-2H3. The fourth-order valence-electron chi connectivity index (χ4n) is 3.52. The van der Waals surface area contributed by atoms with Crippen molar-refractivity contribution in [2.45, 2.75) is 39.2 Å². The summed E-state index contributed by atoms with van der Waals surface area (Å²) >= 11 is 0. The van der Waals surface area contributed by atoms with Crippen LogP contribution in [0, 0.1) is 13.8 Å². The number of hydrogen-bond acceptors (Lipinski definition) is 5. The van der Waals surface area contributed by atoms with E-state index >= 15 is 0 Å². The molecule has 0 aromatic carbocycles. The summed E-state index contributed by atoms with van der Waals surface area (Å²) in [7, 11) is 0. The number of likely N-dealkylation sites (tertiary alicyclic amines) is 1. The summed E-state index contributed by atoms with van der Waals surface area (Å²) in [6.07, 6.45) is 5.74. The number of carbonyl (C=O) groups excluding carboxylic acids is 1. The first-order valence-corrected chi connectivity index (χ1v) is 8.51. The van der Waals surface area contributed by atoms with Crippen LogP contribution in [-0.2, 0) is 11.2 Å². The van der Waals surface area contributed by atoms with Crippen LogP contribution in [0.25, 0.3) is 5.78 Å². The second kappa shape index (κ2) is 6.23. The number of nitrogens with zero attached hydrogens (tertiary/aromatic N) is 6. The van der Waals surface area contributed by atoms with Crippen molar-refractivity contribution in [3.63, 3.8) is 0 Å². The van der Waals surface area contributed by atoms with Crippen molar-refractivity contribution < 1.29 is 4.79 Å². The fourth-order valence-corrected chi connectivity index (χ4v) is 3.52. The maximum atomic E-state index is 12.8. The molecule has 1 fully saturated rings. The van der Waals surface area contributed by atoms with Crippen LogP contribution in [0.1, 0.15) is 41.7 Å². The first-order chi connectivity index (χ1) is 12.1. The van der Waals surface area contributed by atoms with Gasteiger partial charge in [0.2, 0.25) is 5.91 Å². The van der Waals surface area contributed by atoms with Crippen molar-refractivity contribution in [1.82, 2.24) is 29.5 Å². The zero-order valence-electron chi connectivity index (χ0n) is 14.4. The zero-order valence-corrected chi connectivity index (χ0v) is 14.4. The summed E-state index contributed by atoms with van der Waals surface area (Å²) in [5, 5.41) is 4.45. The Labute approximate surface area is 145 Å². The van der Waals surface area contributed by atoms with Gasteiger partial charge in [-0.2, -0.15) is 4.98 Å². The normalized spacial score (nSPS) is 17.4. The van der Waals surface area contributed by atoms with E-state index in [9.17, 15) is 4.79 Å². The Hall–Kier alpha value is -2.83. The Morgan fingerprint density at radius 1 is 1.24 bits per heavy atom. The Bertz CT molecular complexity index is 920. The van der Waals surface area contributed by atoms with Gasteiger partial charge < -0.3 is 4.90 Å². The molecule has 4 heterocycles. The molecule has 1 amide bonds. The van der Waals surface area contributed by atoms with Crippen molar-refractivity contribution >= 4 is 11.7 Å². The van der Waals surface area contributed by atoms with Crippen LogP contribution in [0.5, 0.6) is 0 Å². The Morgan fingerprint density at radius 2 is 2.04 bits per heavy atom. The SMILES string of the molecule is Cc1cc(C)n2nc(CC(=O)N3CCCC3c3ccncc3)nc2n1. The Kier molecular flexibility index (Phi) is 3.91. The summed E-state index contributed by atoms with van der Waals surface area (Å²) < 4.78 is 1.69. The predicted octanol–water partition coefficient (Wildman–Crippen LogP) is 2.04. The molecule has 1 aliphatic heterocycles. The number of fused-ring (bicyclic) bond motifs is 1. The molecule has 1 unspecified atom stereocenters. The number of aryl methyl sites for hydroxylation is 2. The first-order valence-electron chi connectivity index (χ1n) is 8.51. The monoisotopic (exact) mass is 336 g/mol. The second-order valence-corrected chi connectivity index (χ2v) is 6.48. The van der Waals surface area contributed by atoms with Gasteiger partial charge in [0.1, 0.15) is 0 Å². The van der Waals surface area contributed by atoms with Crippen molar-refractivity contribution in [3.8, 4) is 0 Å². The molecular formula is C18H20N6O. The van der Waals surface area contributed by atoms with Gasteiger partial charge in [-0.05, 0) is 50.5 Å². The number of pyridine rings is 1. The van der Waals surface area contributed by atoms with E-state index in [4.69, 9.17) is 0 Å². The van der Waals surface area contributed by atoms with E-state index < -0.39 is 0 Å². The van der Waals surface area contributed by atoms with E-state index in [0.717, 1.165) is 36.3 Å². The minimum atomic E-state index is 0.0598. The molecule has 1 atom stereocenters. The minimum absolute atomic E-state index is 0.0598. The number of amides is 1. The molecular weight excluding hydrogens is 316 g/mol. The lowest BCUT2D eigenvalue weighted by Gasteiger charge is -2.24. The fraction of sp³-hybridized carbons (Fsp3) is 0.389. The van der Waals surface area contributed by atoms with Crippen molar-refractivity contribution in [2.75, 3.05) is 6.54 Å². The summed E-state index contributed by atoms with van der Waals surface area (Å²) in [5.41, 5.74) is 2.99. The molecule has 3 aromatic rings. The number of rotatable bonds is 3. The van der Waals surface area contributed by atoms with Crippen molar-refractivity contribution in [3.05, 3.63) is 53.4 Å². The van der Waals surface area contributed by atoms with E-state index in [-0.39, 0.29) is 18.4 Å². The first kappa shape index (κ1) is 15.7. The van der Waals surface area contributed by atoms with Gasteiger partial charge in [-0.1, -0.05) is 0 Å². The highest BCUT2D eigenvalue weighted by atomic mass is 16.2. The molecule has 7 nitrogen and oxygen atoms in total. The van der Waals surface area contributed by atoms with E-state index in [2.05, 4.69) is 20.1 Å². The molecule has 128 valence electrons. The third-order valence-corrected chi connectivity index (χ3v) is 4.64. The molecule has 1 aliphatic rings. The minimum Gasteiger partial charge on any atom is -0.335 e. The number of aromatic nitrogens is 5. The maximum Gasteiger partial charge on any atom is 0.252 e. The zero-order chi connectivity index (χ0) is 17.4. The van der Waals surface area contributed by atoms with Gasteiger partial charge in [0, 0.05) is 30.3 Å². The molecule has 0 aliphatic carbocycles. The lowest BCUT2D eigenvalue weighted by atomic mass is 10.1. The lowest BCUT2D eigenvalue weighted by molar-refractivity contribution is -0.131. The van der Waals surface area contributed by atoms with Gasteiger partial charge in [-0.3, -0.25) is 9.78 Å². The summed E-state index contributed by atoms with van der Waals surface area (Å²) in [5.74, 6) is 1.13. The van der Waals surface area contributed by atoms with Crippen molar-refractivity contribution in [1.29, 1.82) is 0 Å². The van der Waals surface area contributed by atoms with Crippen LogP contribution in [0.15, 0.2) is 30.6 Å². The van der Waals surface area contributed by atoms with Crippen LogP contribution in [0.2, 0.25) is 0 Å². The van der Waals surface area contributed by atoms with Gasteiger partial charge in [0.25, 0.3) is 5.78 Å². The highest BCUT2D eigenvalue weighted by Gasteiger charge is 2.30. The summed E-state index contributed by atoms with van der Waals surface area (Å²) in [6, 6.07) is 6.03. The van der Waals surface area contributed by atoms with E-state index in [0.29, 0.717) is 11.6 Å². The molecule has 25 heavy (non-hydrogen) atoms. The molecule has 0 N–H and O–H groups in total. The molecule has 0 saturated carbocycles. The molecule has 1 saturated heterocycles. The van der Waals surface area contributed by atoms with Gasteiger partial charge >= 0.3 is 0 Å². The third-order valence-electron chi connectivity index (χ3n) is 4.64. The predicted molar refractivity (Wildman–Crippen MR) is 91.9 cm³/mol. The topological polar surface area (TPSA) is 76.3 Å². The molecule has 0 bridgehead atoms. The average Bonchev–Trinajstić information content (AvgIpc) is 3.22. The smallest absolute Gasteiger partial charge is 0.252 e. The highest BCUT2D eigenvalue weighted by molar-refractivity contribution is 5.79. The van der Waals surface area contributed by atoms with Gasteiger partial charge in [-0.25, -0.2) is 9.50 Å². The third kappa shape index (κ3) is 2.97. The van der Waals surface area contributed by atoms with Crippen molar-refractivity contribution in [2.24, 2.45) is 0 Å². The highest BCUT2D eigenvalue weighted by Crippen LogP contribution is 2.31. The molecule has 0 spiro atoms. The van der Waals surface area contributed by atoms with Gasteiger partial charge in [-0.15, -0.1) is 5.10 Å². The van der Waals surface area contributed by atoms with Gasteiger partial charge in [0.15, 0.2) is 5.82 Å². The molecule has 7 heteroatoms. The Morgan fingerprint density at radius 3 is 2.84 bits per heavy atom. The average molecular weight is 336 g/mol. The number of hydrogen-bond donors (Lipinski definition) is 0. The van der Waals surface area contributed by atoms with Crippen LogP contribution >= 0.6 is 0 Å². The molecule has 4 rings (SSSR count). The summed E-state index contributed by atoms with van der Waals surface area (Å²) in [4.78, 5) is 27.6. The van der Waals surface area contributed by atoms with Crippen LogP contribution in [0.4, 0.5) is 0 Å². The Balaban J connectivity index is 1.56. The number of carbonyl (C=O) groups is 1. The molecule has 3 aromatic heterocycles. The van der Waals surface area contributed by atoms with E-state index in [1.807, 2.05) is 36.9 Å². The maximum absolute atomic E-state index is 12.8. The second-order valence-electron chi connectivity index (χ2n) is 6.48. The lowest BCUT2D eigenvalue weighted by Crippen LogP contribution is -2.32. The van der Waals surface area contributed by atoms with Gasteiger partial charge in [0.05, 0.1) is 12.5 Å². The van der Waals surface area contributed by atoms with E-state index in [1.54, 1.807) is 16.9 Å². The summed E-state index contributed by atoms with van der Waals surface area (Å²) in [6.45, 7) is 4.66. The van der Waals surface area contributed by atoms with Crippen LogP contribution < -0.4 is 0 Å². The quantitative estimate of drug-likeness (QED) is 0.731. The van der Waals surface area contributed by atoms with E-state index in [1.165, 1.54) is 0 Å². The van der Waals surface area contributed by atoms with Crippen LogP contribution in [0.3, 0.4) is 0 Å². The van der Waals surface area contributed by atoms with Crippen LogP contribution in [-0.4, -0.2) is 41.9 Å². The largest absolute Gasteiger partial charge is 0.335 e. The molecule has 0 radical (unpaired) electrons.